The number of carbonyl (C=O) groups is 1. The molecule has 2 aromatic carbocycles. The van der Waals surface area contributed by atoms with E-state index in [9.17, 15) is 4.79 Å². The van der Waals surface area contributed by atoms with Crippen LogP contribution in [0.4, 0.5) is 5.82 Å². The molecule has 4 rings (SSSR count). The van der Waals surface area contributed by atoms with Crippen molar-refractivity contribution in [2.45, 2.75) is 25.2 Å². The van der Waals surface area contributed by atoms with Crippen LogP contribution in [0.5, 0.6) is 5.75 Å². The van der Waals surface area contributed by atoms with Crippen molar-refractivity contribution in [3.8, 4) is 10.9 Å². The standard InChI is InChI=1S/C22H22N4O2S2/c1-4-29-17-8-5-15(6-9-17)12-21(27)24-20-11-14(2)25-26(20)22-23-18-10-7-16(28-3)13-19(18)30-22/h5-11,13H,4,12H2,1-3H3,(H,24,27). The van der Waals surface area contributed by atoms with Crippen molar-refractivity contribution in [3.63, 3.8) is 0 Å². The van der Waals surface area contributed by atoms with Gasteiger partial charge in [0.2, 0.25) is 11.0 Å². The Kier molecular flexibility index (Phi) is 6.06. The van der Waals surface area contributed by atoms with Gasteiger partial charge in [0.1, 0.15) is 11.6 Å². The fourth-order valence-electron chi connectivity index (χ4n) is 3.09. The lowest BCUT2D eigenvalue weighted by Crippen LogP contribution is -2.17. The van der Waals surface area contributed by atoms with E-state index < -0.39 is 0 Å². The molecule has 0 unspecified atom stereocenters. The molecule has 0 saturated carbocycles. The predicted octanol–water partition coefficient (Wildman–Crippen LogP) is 5.09. The third-order valence-electron chi connectivity index (χ3n) is 4.46. The highest BCUT2D eigenvalue weighted by Gasteiger charge is 2.15. The molecule has 0 fully saturated rings. The molecule has 0 radical (unpaired) electrons. The minimum Gasteiger partial charge on any atom is -0.497 e. The first-order valence-corrected chi connectivity index (χ1v) is 11.4. The van der Waals surface area contributed by atoms with Crippen molar-refractivity contribution in [2.24, 2.45) is 0 Å². The molecule has 0 atom stereocenters. The molecule has 0 saturated heterocycles. The number of fused-ring (bicyclic) bond motifs is 1. The van der Waals surface area contributed by atoms with E-state index in [0.717, 1.165) is 33.0 Å². The zero-order valence-corrected chi connectivity index (χ0v) is 18.6. The fourth-order valence-corrected chi connectivity index (χ4v) is 4.71. The van der Waals surface area contributed by atoms with Gasteiger partial charge in [-0.25, -0.2) is 4.98 Å². The van der Waals surface area contributed by atoms with Gasteiger partial charge in [-0.2, -0.15) is 9.78 Å². The number of methoxy groups -OCH3 is 1. The minimum atomic E-state index is -0.0881. The number of benzene rings is 2. The van der Waals surface area contributed by atoms with Crippen LogP contribution in [0, 0.1) is 6.92 Å². The molecule has 0 aliphatic rings. The zero-order valence-electron chi connectivity index (χ0n) is 17.0. The van der Waals surface area contributed by atoms with E-state index in [0.29, 0.717) is 17.4 Å². The van der Waals surface area contributed by atoms with Crippen molar-refractivity contribution in [1.29, 1.82) is 0 Å². The van der Waals surface area contributed by atoms with Gasteiger partial charge in [-0.1, -0.05) is 30.4 Å². The Labute approximate surface area is 183 Å². The van der Waals surface area contributed by atoms with Crippen molar-refractivity contribution in [3.05, 3.63) is 59.8 Å². The molecular weight excluding hydrogens is 416 g/mol. The number of thiazole rings is 1. The lowest BCUT2D eigenvalue weighted by molar-refractivity contribution is -0.115. The molecule has 1 N–H and O–H groups in total. The van der Waals surface area contributed by atoms with Crippen LogP contribution in [-0.4, -0.2) is 33.5 Å². The summed E-state index contributed by atoms with van der Waals surface area (Å²) in [5.74, 6) is 2.34. The monoisotopic (exact) mass is 438 g/mol. The van der Waals surface area contributed by atoms with Gasteiger partial charge in [-0.05, 0) is 48.6 Å². The van der Waals surface area contributed by atoms with E-state index in [4.69, 9.17) is 4.74 Å². The zero-order chi connectivity index (χ0) is 21.1. The maximum Gasteiger partial charge on any atom is 0.229 e. The number of nitrogens with one attached hydrogen (secondary N) is 1. The number of ether oxygens (including phenoxy) is 1. The molecule has 0 aliphatic heterocycles. The number of rotatable bonds is 7. The summed E-state index contributed by atoms with van der Waals surface area (Å²) in [6.07, 6.45) is 0.304. The Morgan fingerprint density at radius 2 is 2.00 bits per heavy atom. The number of aromatic nitrogens is 3. The first kappa shape index (κ1) is 20.4. The highest BCUT2D eigenvalue weighted by Crippen LogP contribution is 2.30. The van der Waals surface area contributed by atoms with Crippen molar-refractivity contribution in [2.75, 3.05) is 18.2 Å². The molecular formula is C22H22N4O2S2. The Balaban J connectivity index is 1.53. The van der Waals surface area contributed by atoms with Crippen LogP contribution in [0.2, 0.25) is 0 Å². The SMILES string of the molecule is CCSc1ccc(CC(=O)Nc2cc(C)nn2-c2nc3ccc(OC)cc3s2)cc1. The summed E-state index contributed by atoms with van der Waals surface area (Å²) in [5, 5.41) is 8.21. The van der Waals surface area contributed by atoms with E-state index >= 15 is 0 Å². The van der Waals surface area contributed by atoms with Crippen LogP contribution < -0.4 is 10.1 Å². The summed E-state index contributed by atoms with van der Waals surface area (Å²) in [6.45, 7) is 4.02. The van der Waals surface area contributed by atoms with Gasteiger partial charge in [0.25, 0.3) is 0 Å². The summed E-state index contributed by atoms with van der Waals surface area (Å²) >= 11 is 3.29. The van der Waals surface area contributed by atoms with E-state index in [1.807, 2.05) is 43.3 Å². The Morgan fingerprint density at radius 3 is 2.73 bits per heavy atom. The van der Waals surface area contributed by atoms with E-state index in [1.165, 1.54) is 16.2 Å². The van der Waals surface area contributed by atoms with Gasteiger partial charge in [-0.3, -0.25) is 4.79 Å². The largest absolute Gasteiger partial charge is 0.497 e. The number of aryl methyl sites for hydroxylation is 1. The van der Waals surface area contributed by atoms with Gasteiger partial charge in [0.05, 0.1) is 29.4 Å². The minimum absolute atomic E-state index is 0.0881. The lowest BCUT2D eigenvalue weighted by atomic mass is 10.1. The smallest absolute Gasteiger partial charge is 0.229 e. The molecule has 0 aliphatic carbocycles. The van der Waals surface area contributed by atoms with Crippen LogP contribution in [0.3, 0.4) is 0 Å². The van der Waals surface area contributed by atoms with Crippen LogP contribution in [0.1, 0.15) is 18.2 Å². The Bertz CT molecular complexity index is 1180. The molecule has 30 heavy (non-hydrogen) atoms. The number of carbonyl (C=O) groups excluding carboxylic acids is 1. The second-order valence-corrected chi connectivity index (χ2v) is 9.06. The lowest BCUT2D eigenvalue weighted by Gasteiger charge is -2.07. The number of thioether (sulfide) groups is 1. The van der Waals surface area contributed by atoms with E-state index in [-0.39, 0.29) is 5.91 Å². The topological polar surface area (TPSA) is 69.0 Å². The fraction of sp³-hybridized carbons (Fsp3) is 0.227. The third kappa shape index (κ3) is 4.49. The first-order valence-electron chi connectivity index (χ1n) is 9.59. The van der Waals surface area contributed by atoms with Crippen LogP contribution in [0.25, 0.3) is 15.3 Å². The van der Waals surface area contributed by atoms with Crippen molar-refractivity contribution < 1.29 is 9.53 Å². The third-order valence-corrected chi connectivity index (χ3v) is 6.35. The first-order chi connectivity index (χ1) is 14.6. The molecule has 1 amide bonds. The number of hydrogen-bond donors (Lipinski definition) is 1. The average Bonchev–Trinajstić information content (AvgIpc) is 3.31. The highest BCUT2D eigenvalue weighted by molar-refractivity contribution is 7.99. The number of amides is 1. The van der Waals surface area contributed by atoms with Gasteiger partial charge in [0.15, 0.2) is 0 Å². The van der Waals surface area contributed by atoms with Crippen LogP contribution >= 0.6 is 23.1 Å². The summed E-state index contributed by atoms with van der Waals surface area (Å²) < 4.78 is 7.98. The van der Waals surface area contributed by atoms with Crippen molar-refractivity contribution in [1.82, 2.24) is 14.8 Å². The average molecular weight is 439 g/mol. The highest BCUT2D eigenvalue weighted by atomic mass is 32.2. The molecule has 2 heterocycles. The Hall–Kier alpha value is -2.84. The van der Waals surface area contributed by atoms with Crippen LogP contribution in [-0.2, 0) is 11.2 Å². The number of anilines is 1. The van der Waals surface area contributed by atoms with Gasteiger partial charge < -0.3 is 10.1 Å². The maximum absolute atomic E-state index is 12.6. The molecule has 154 valence electrons. The van der Waals surface area contributed by atoms with E-state index in [1.54, 1.807) is 23.6 Å². The number of nitrogens with zero attached hydrogens (tertiary/aromatic N) is 3. The maximum atomic E-state index is 12.6. The Morgan fingerprint density at radius 1 is 1.20 bits per heavy atom. The summed E-state index contributed by atoms with van der Waals surface area (Å²) in [6, 6.07) is 15.7. The van der Waals surface area contributed by atoms with Gasteiger partial charge >= 0.3 is 0 Å². The van der Waals surface area contributed by atoms with Gasteiger partial charge in [-0.15, -0.1) is 11.8 Å². The quantitative estimate of drug-likeness (QED) is 0.407. The second-order valence-electron chi connectivity index (χ2n) is 6.71. The summed E-state index contributed by atoms with van der Waals surface area (Å²) in [7, 11) is 1.64. The summed E-state index contributed by atoms with van der Waals surface area (Å²) in [5.41, 5.74) is 2.65. The molecule has 8 heteroatoms. The molecule has 0 spiro atoms. The second kappa shape index (κ2) is 8.89. The molecule has 4 aromatic rings. The molecule has 0 bridgehead atoms. The normalized spacial score (nSPS) is 11.0. The van der Waals surface area contributed by atoms with E-state index in [2.05, 4.69) is 34.5 Å². The summed E-state index contributed by atoms with van der Waals surface area (Å²) in [4.78, 5) is 18.5. The molecule has 2 aromatic heterocycles. The van der Waals surface area contributed by atoms with Crippen molar-refractivity contribution >= 4 is 45.0 Å². The number of hydrogen-bond acceptors (Lipinski definition) is 6. The molecule has 6 nitrogen and oxygen atoms in total. The van der Waals surface area contributed by atoms with Crippen LogP contribution in [0.15, 0.2) is 53.4 Å². The van der Waals surface area contributed by atoms with Gasteiger partial charge in [0, 0.05) is 11.0 Å². The predicted molar refractivity (Wildman–Crippen MR) is 123 cm³/mol.